The van der Waals surface area contributed by atoms with Gasteiger partial charge in [0.05, 0.1) is 0 Å². The van der Waals surface area contributed by atoms with E-state index in [1.807, 2.05) is 31.2 Å². The Bertz CT molecular complexity index is 324. The van der Waals surface area contributed by atoms with Gasteiger partial charge in [0, 0.05) is 33.4 Å². The molecule has 0 spiro atoms. The fraction of sp³-hybridized carbons (Fsp3) is 0.455. The molecule has 0 aliphatic heterocycles. The summed E-state index contributed by atoms with van der Waals surface area (Å²) < 4.78 is 11.6. The molecule has 1 rings (SSSR count). The first-order valence-corrected chi connectivity index (χ1v) is 6.79. The van der Waals surface area contributed by atoms with Gasteiger partial charge >= 0.3 is 0 Å². The molecular formula is C11H16ClNOS. The summed E-state index contributed by atoms with van der Waals surface area (Å²) in [5, 5.41) is 0.708. The quantitative estimate of drug-likeness (QED) is 0.865. The first-order valence-electron chi connectivity index (χ1n) is 4.93. The van der Waals surface area contributed by atoms with Crippen molar-refractivity contribution >= 4 is 22.4 Å². The van der Waals surface area contributed by atoms with E-state index in [4.69, 9.17) is 17.3 Å². The third-order valence-electron chi connectivity index (χ3n) is 2.04. The largest absolute Gasteiger partial charge is 0.328 e. The van der Waals surface area contributed by atoms with Crippen molar-refractivity contribution in [2.24, 2.45) is 5.73 Å². The van der Waals surface area contributed by atoms with Crippen molar-refractivity contribution in [3.8, 4) is 0 Å². The highest BCUT2D eigenvalue weighted by atomic mass is 35.5. The summed E-state index contributed by atoms with van der Waals surface area (Å²) in [5.74, 6) is 1.25. The summed E-state index contributed by atoms with van der Waals surface area (Å²) in [4.78, 5) is 0. The molecule has 2 atom stereocenters. The number of hydrogen-bond acceptors (Lipinski definition) is 2. The van der Waals surface area contributed by atoms with Crippen LogP contribution in [0.1, 0.15) is 18.9 Å². The zero-order valence-corrected chi connectivity index (χ0v) is 10.4. The summed E-state index contributed by atoms with van der Waals surface area (Å²) in [6.45, 7) is 1.93. The van der Waals surface area contributed by atoms with Gasteiger partial charge < -0.3 is 5.73 Å². The van der Waals surface area contributed by atoms with E-state index in [1.54, 1.807) is 0 Å². The number of nitrogens with two attached hydrogens (primary N) is 1. The third kappa shape index (κ3) is 5.30. The Labute approximate surface area is 98.3 Å². The molecule has 0 amide bonds. The van der Waals surface area contributed by atoms with Crippen LogP contribution < -0.4 is 5.73 Å². The van der Waals surface area contributed by atoms with Crippen molar-refractivity contribution in [3.63, 3.8) is 0 Å². The second kappa shape index (κ2) is 6.26. The minimum absolute atomic E-state index is 0.124. The molecule has 0 saturated carbocycles. The lowest BCUT2D eigenvalue weighted by Gasteiger charge is -2.05. The molecule has 1 aromatic rings. The number of rotatable bonds is 5. The van der Waals surface area contributed by atoms with Gasteiger partial charge in [-0.15, -0.1) is 0 Å². The Morgan fingerprint density at radius 1 is 1.40 bits per heavy atom. The molecule has 0 aromatic heterocycles. The van der Waals surface area contributed by atoms with Crippen LogP contribution >= 0.6 is 11.6 Å². The molecule has 0 fully saturated rings. The average Bonchev–Trinajstić information content (AvgIpc) is 2.19. The first-order chi connectivity index (χ1) is 7.08. The highest BCUT2D eigenvalue weighted by Gasteiger charge is 2.03. The lowest BCUT2D eigenvalue weighted by molar-refractivity contribution is 0.667. The predicted molar refractivity (Wildman–Crippen MR) is 66.4 cm³/mol. The fourth-order valence-corrected chi connectivity index (χ4v) is 2.63. The van der Waals surface area contributed by atoms with Gasteiger partial charge in [0.1, 0.15) is 0 Å². The Balaban J connectivity index is 2.41. The summed E-state index contributed by atoms with van der Waals surface area (Å²) >= 11 is 5.76. The van der Waals surface area contributed by atoms with Crippen LogP contribution in [0.3, 0.4) is 0 Å². The lowest BCUT2D eigenvalue weighted by atomic mass is 10.2. The van der Waals surface area contributed by atoms with Gasteiger partial charge in [-0.3, -0.25) is 4.21 Å². The van der Waals surface area contributed by atoms with E-state index in [0.717, 1.165) is 12.0 Å². The van der Waals surface area contributed by atoms with Crippen LogP contribution in [0, 0.1) is 0 Å². The van der Waals surface area contributed by atoms with Gasteiger partial charge in [0.25, 0.3) is 0 Å². The van der Waals surface area contributed by atoms with Crippen molar-refractivity contribution in [1.29, 1.82) is 0 Å². The van der Waals surface area contributed by atoms with E-state index < -0.39 is 10.8 Å². The summed E-state index contributed by atoms with van der Waals surface area (Å²) in [6.07, 6.45) is 0.806. The maximum absolute atomic E-state index is 11.6. The smallest absolute Gasteiger partial charge is 0.0485 e. The van der Waals surface area contributed by atoms with Gasteiger partial charge in [0.2, 0.25) is 0 Å². The first kappa shape index (κ1) is 12.7. The lowest BCUT2D eigenvalue weighted by Crippen LogP contribution is -2.18. The molecule has 2 nitrogen and oxygen atoms in total. The van der Waals surface area contributed by atoms with Gasteiger partial charge in [0.15, 0.2) is 0 Å². The molecule has 0 heterocycles. The Morgan fingerprint density at radius 2 is 2.00 bits per heavy atom. The van der Waals surface area contributed by atoms with Crippen molar-refractivity contribution in [1.82, 2.24) is 0 Å². The van der Waals surface area contributed by atoms with E-state index >= 15 is 0 Å². The maximum atomic E-state index is 11.6. The Morgan fingerprint density at radius 3 is 2.53 bits per heavy atom. The molecule has 0 aliphatic carbocycles. The fourth-order valence-electron chi connectivity index (χ4n) is 1.16. The normalized spacial score (nSPS) is 14.9. The van der Waals surface area contributed by atoms with Gasteiger partial charge in [-0.1, -0.05) is 23.7 Å². The zero-order valence-electron chi connectivity index (χ0n) is 8.78. The van der Waals surface area contributed by atoms with Crippen LogP contribution in [0.25, 0.3) is 0 Å². The van der Waals surface area contributed by atoms with Gasteiger partial charge in [-0.2, -0.15) is 0 Å². The topological polar surface area (TPSA) is 43.1 Å². The monoisotopic (exact) mass is 245 g/mol. The molecular weight excluding hydrogens is 230 g/mol. The standard InChI is InChI=1S/C11H16ClNOS/c1-9(13)6-7-15(14)8-10-2-4-11(12)5-3-10/h2-5,9H,6-8,13H2,1H3. The van der Waals surface area contributed by atoms with Crippen molar-refractivity contribution < 1.29 is 4.21 Å². The second-order valence-electron chi connectivity index (χ2n) is 3.68. The van der Waals surface area contributed by atoms with Gasteiger partial charge in [-0.25, -0.2) is 0 Å². The number of halogens is 1. The number of benzene rings is 1. The highest BCUT2D eigenvalue weighted by Crippen LogP contribution is 2.11. The number of hydrogen-bond donors (Lipinski definition) is 1. The van der Waals surface area contributed by atoms with E-state index in [2.05, 4.69) is 0 Å². The van der Waals surface area contributed by atoms with Gasteiger partial charge in [-0.05, 0) is 31.0 Å². The Kier molecular flexibility index (Phi) is 5.29. The van der Waals surface area contributed by atoms with E-state index in [-0.39, 0.29) is 6.04 Å². The molecule has 0 aliphatic rings. The van der Waals surface area contributed by atoms with E-state index in [0.29, 0.717) is 16.5 Å². The van der Waals surface area contributed by atoms with Crippen LogP contribution in [-0.4, -0.2) is 16.0 Å². The van der Waals surface area contributed by atoms with Crippen molar-refractivity contribution in [2.75, 3.05) is 5.75 Å². The molecule has 84 valence electrons. The van der Waals surface area contributed by atoms with Crippen molar-refractivity contribution in [3.05, 3.63) is 34.9 Å². The summed E-state index contributed by atoms with van der Waals surface area (Å²) in [7, 11) is -0.821. The zero-order chi connectivity index (χ0) is 11.3. The SMILES string of the molecule is CC(N)CCS(=O)Cc1ccc(Cl)cc1. The summed E-state index contributed by atoms with van der Waals surface area (Å²) in [5.41, 5.74) is 6.66. The van der Waals surface area contributed by atoms with Crippen molar-refractivity contribution in [2.45, 2.75) is 25.1 Å². The highest BCUT2D eigenvalue weighted by molar-refractivity contribution is 7.84. The predicted octanol–water partition coefficient (Wildman–Crippen LogP) is 2.33. The molecule has 15 heavy (non-hydrogen) atoms. The molecule has 0 bridgehead atoms. The van der Waals surface area contributed by atoms with Crippen LogP contribution in [0.15, 0.2) is 24.3 Å². The molecule has 1 aromatic carbocycles. The third-order valence-corrected chi connectivity index (χ3v) is 3.64. The molecule has 4 heteroatoms. The molecule has 0 saturated heterocycles. The molecule has 2 N–H and O–H groups in total. The average molecular weight is 246 g/mol. The van der Waals surface area contributed by atoms with Crippen LogP contribution in [0.2, 0.25) is 5.02 Å². The Hall–Kier alpha value is -0.380. The van der Waals surface area contributed by atoms with E-state index in [9.17, 15) is 4.21 Å². The minimum Gasteiger partial charge on any atom is -0.328 e. The van der Waals surface area contributed by atoms with E-state index in [1.165, 1.54) is 0 Å². The van der Waals surface area contributed by atoms with Crippen LogP contribution in [0.5, 0.6) is 0 Å². The molecule has 0 radical (unpaired) electrons. The minimum atomic E-state index is -0.821. The molecule has 2 unspecified atom stereocenters. The second-order valence-corrected chi connectivity index (χ2v) is 5.69. The van der Waals surface area contributed by atoms with Crippen LogP contribution in [0.4, 0.5) is 0 Å². The summed E-state index contributed by atoms with van der Waals surface area (Å²) in [6, 6.07) is 7.58. The maximum Gasteiger partial charge on any atom is 0.0485 e. The van der Waals surface area contributed by atoms with Crippen LogP contribution in [-0.2, 0) is 16.6 Å².